The van der Waals surface area contributed by atoms with E-state index in [1.807, 2.05) is 0 Å². The summed E-state index contributed by atoms with van der Waals surface area (Å²) in [6.45, 7) is -0.382. The van der Waals surface area contributed by atoms with Crippen LogP contribution >= 0.6 is 0 Å². The second kappa shape index (κ2) is 6.93. The fourth-order valence-electron chi connectivity index (χ4n) is 4.08. The van der Waals surface area contributed by atoms with Gasteiger partial charge in [-0.3, -0.25) is 4.79 Å². The van der Waals surface area contributed by atoms with Gasteiger partial charge in [0, 0.05) is 39.4 Å². The van der Waals surface area contributed by atoms with Crippen LogP contribution in [0.25, 0.3) is 10.4 Å². The van der Waals surface area contributed by atoms with Gasteiger partial charge in [-0.25, -0.2) is 4.79 Å². The molecule has 0 aliphatic carbocycles. The number of fused-ring (bicyclic) bond motifs is 6. The number of carbonyl (C=O) groups is 2. The summed E-state index contributed by atoms with van der Waals surface area (Å²) in [4.78, 5) is 27.4. The van der Waals surface area contributed by atoms with Crippen LogP contribution in [-0.2, 0) is 15.1 Å². The number of rotatable bonds is 3. The molecule has 1 spiro atoms. The number of anilines is 1. The number of ether oxygens (including phenoxy) is 2. The highest BCUT2D eigenvalue weighted by atomic mass is 16.6. The highest BCUT2D eigenvalue weighted by Crippen LogP contribution is 2.57. The van der Waals surface area contributed by atoms with Crippen LogP contribution in [0.4, 0.5) is 5.69 Å². The van der Waals surface area contributed by atoms with E-state index in [1.54, 1.807) is 24.3 Å². The maximum Gasteiger partial charge on any atom is 0.340 e. The predicted octanol–water partition coefficient (Wildman–Crippen LogP) is 3.91. The van der Waals surface area contributed by atoms with Gasteiger partial charge in [-0.1, -0.05) is 11.2 Å². The number of nitrogens with zero attached hydrogens (tertiary/aromatic N) is 3. The van der Waals surface area contributed by atoms with Gasteiger partial charge >= 0.3 is 5.97 Å². The number of nitrogens with one attached hydrogen (secondary N) is 1. The van der Waals surface area contributed by atoms with Gasteiger partial charge in [-0.05, 0) is 41.9 Å². The summed E-state index contributed by atoms with van der Waals surface area (Å²) < 4.78 is 11.8. The van der Waals surface area contributed by atoms with Crippen molar-refractivity contribution < 1.29 is 29.3 Å². The van der Waals surface area contributed by atoms with Crippen LogP contribution in [0.1, 0.15) is 27.0 Å². The molecule has 3 N–H and O–H groups in total. The van der Waals surface area contributed by atoms with E-state index in [0.717, 1.165) is 0 Å². The van der Waals surface area contributed by atoms with Crippen LogP contribution < -0.4 is 10.1 Å². The molecular weight excluding hydrogens is 416 g/mol. The standard InChI is InChI=1S/C22H14N4O6/c23-26-24-10-20(29)25-11-1-4-15-14(7-11)21(30)32-22(15)16-5-2-12(27)8-18(16)31-19-9-13(28)3-6-17(19)22/h1-9,27-28H,10H2,(H,25,29). The van der Waals surface area contributed by atoms with Gasteiger partial charge in [0.2, 0.25) is 5.91 Å². The number of azide groups is 1. The monoisotopic (exact) mass is 430 g/mol. The molecule has 0 aromatic heterocycles. The highest BCUT2D eigenvalue weighted by molar-refractivity contribution is 6.00. The van der Waals surface area contributed by atoms with Crippen LogP contribution in [-0.4, -0.2) is 28.6 Å². The Balaban J connectivity index is 1.68. The molecule has 10 heteroatoms. The van der Waals surface area contributed by atoms with Gasteiger partial charge < -0.3 is 25.0 Å². The maximum atomic E-state index is 13.0. The molecule has 158 valence electrons. The molecule has 0 radical (unpaired) electrons. The van der Waals surface area contributed by atoms with Crippen LogP contribution in [0.15, 0.2) is 59.7 Å². The topological polar surface area (TPSA) is 154 Å². The molecule has 3 aromatic rings. The van der Waals surface area contributed by atoms with Crippen molar-refractivity contribution in [1.29, 1.82) is 0 Å². The molecule has 32 heavy (non-hydrogen) atoms. The first-order valence-electron chi connectivity index (χ1n) is 9.46. The quantitative estimate of drug-likeness (QED) is 0.248. The van der Waals surface area contributed by atoms with Gasteiger partial charge in [0.15, 0.2) is 5.60 Å². The van der Waals surface area contributed by atoms with Gasteiger partial charge in [0.25, 0.3) is 0 Å². The first-order chi connectivity index (χ1) is 15.4. The van der Waals surface area contributed by atoms with Crippen LogP contribution in [0.5, 0.6) is 23.0 Å². The number of amides is 1. The van der Waals surface area contributed by atoms with Crippen molar-refractivity contribution in [1.82, 2.24) is 0 Å². The Morgan fingerprint density at radius 1 is 1.00 bits per heavy atom. The van der Waals surface area contributed by atoms with E-state index in [1.165, 1.54) is 30.3 Å². The SMILES string of the molecule is [N-]=[N+]=NCC(=O)Nc1ccc2c(c1)C(=O)OC21c2ccc(O)cc2Oc2cc(O)ccc21. The molecule has 2 heterocycles. The Kier molecular flexibility index (Phi) is 4.18. The molecule has 2 aliphatic rings. The number of phenolic OH excluding ortho intramolecular Hbond substituents is 2. The third kappa shape index (κ3) is 2.78. The predicted molar refractivity (Wildman–Crippen MR) is 111 cm³/mol. The zero-order valence-electron chi connectivity index (χ0n) is 16.3. The molecule has 0 fully saturated rings. The minimum absolute atomic E-state index is 0.0369. The lowest BCUT2D eigenvalue weighted by atomic mass is 9.77. The van der Waals surface area contributed by atoms with Gasteiger partial charge in [0.1, 0.15) is 29.5 Å². The number of aromatic hydroxyl groups is 2. The van der Waals surface area contributed by atoms with Gasteiger partial charge in [-0.2, -0.15) is 0 Å². The first-order valence-corrected chi connectivity index (χ1v) is 9.46. The Morgan fingerprint density at radius 3 is 2.25 bits per heavy atom. The first kappa shape index (κ1) is 19.3. The van der Waals surface area contributed by atoms with E-state index in [4.69, 9.17) is 15.0 Å². The molecule has 5 rings (SSSR count). The number of hydrogen-bond donors (Lipinski definition) is 3. The minimum Gasteiger partial charge on any atom is -0.508 e. The van der Waals surface area contributed by atoms with Crippen molar-refractivity contribution in [3.63, 3.8) is 0 Å². The minimum atomic E-state index is -1.37. The lowest BCUT2D eigenvalue weighted by molar-refractivity contribution is -0.114. The number of benzene rings is 3. The lowest BCUT2D eigenvalue weighted by Gasteiger charge is -2.36. The molecule has 2 aliphatic heterocycles. The lowest BCUT2D eigenvalue weighted by Crippen LogP contribution is -2.32. The molecule has 0 atom stereocenters. The summed E-state index contributed by atoms with van der Waals surface area (Å²) in [5.41, 5.74) is 9.06. The molecule has 0 unspecified atom stereocenters. The third-order valence-corrected chi connectivity index (χ3v) is 5.33. The van der Waals surface area contributed by atoms with E-state index in [2.05, 4.69) is 15.3 Å². The van der Waals surface area contributed by atoms with E-state index in [0.29, 0.717) is 22.4 Å². The van der Waals surface area contributed by atoms with Gasteiger partial charge in [0.05, 0.1) is 5.56 Å². The summed E-state index contributed by atoms with van der Waals surface area (Å²) in [5.74, 6) is -0.677. The number of hydrogen-bond acceptors (Lipinski definition) is 7. The summed E-state index contributed by atoms with van der Waals surface area (Å²) in [6, 6.07) is 13.7. The Hall–Kier alpha value is -4.69. The molecule has 3 aromatic carbocycles. The number of carbonyl (C=O) groups excluding carboxylic acids is 2. The molecule has 0 bridgehead atoms. The Bertz CT molecular complexity index is 1310. The summed E-state index contributed by atoms with van der Waals surface area (Å²) in [5, 5.41) is 25.7. The average molecular weight is 430 g/mol. The number of phenols is 2. The summed E-state index contributed by atoms with van der Waals surface area (Å²) >= 11 is 0. The van der Waals surface area contributed by atoms with Gasteiger partial charge in [-0.15, -0.1) is 0 Å². The zero-order chi connectivity index (χ0) is 22.5. The second-order valence-corrected chi connectivity index (χ2v) is 7.23. The van der Waals surface area contributed by atoms with Crippen LogP contribution in [0.3, 0.4) is 0 Å². The largest absolute Gasteiger partial charge is 0.508 e. The van der Waals surface area contributed by atoms with E-state index >= 15 is 0 Å². The smallest absolute Gasteiger partial charge is 0.340 e. The van der Waals surface area contributed by atoms with Crippen molar-refractivity contribution >= 4 is 17.6 Å². The Morgan fingerprint density at radius 2 is 1.62 bits per heavy atom. The average Bonchev–Trinajstić information content (AvgIpc) is 3.04. The Labute approximate surface area is 180 Å². The van der Waals surface area contributed by atoms with E-state index < -0.39 is 17.5 Å². The van der Waals surface area contributed by atoms with Crippen LogP contribution in [0.2, 0.25) is 0 Å². The van der Waals surface area contributed by atoms with Crippen molar-refractivity contribution in [2.75, 3.05) is 11.9 Å². The zero-order valence-corrected chi connectivity index (χ0v) is 16.3. The van der Waals surface area contributed by atoms with Crippen molar-refractivity contribution in [3.05, 3.63) is 87.3 Å². The molecular formula is C22H14N4O6. The normalized spacial score (nSPS) is 14.3. The number of esters is 1. The molecule has 10 nitrogen and oxygen atoms in total. The van der Waals surface area contributed by atoms with E-state index in [9.17, 15) is 19.8 Å². The fourth-order valence-corrected chi connectivity index (χ4v) is 4.08. The van der Waals surface area contributed by atoms with Crippen molar-refractivity contribution in [3.8, 4) is 23.0 Å². The highest BCUT2D eigenvalue weighted by Gasteiger charge is 2.53. The maximum absolute atomic E-state index is 13.0. The van der Waals surface area contributed by atoms with Crippen molar-refractivity contribution in [2.24, 2.45) is 5.11 Å². The molecule has 0 saturated heterocycles. The van der Waals surface area contributed by atoms with Crippen LogP contribution in [0, 0.1) is 0 Å². The molecule has 1 amide bonds. The summed E-state index contributed by atoms with van der Waals surface area (Å²) in [7, 11) is 0. The van der Waals surface area contributed by atoms with Crippen molar-refractivity contribution in [2.45, 2.75) is 5.60 Å². The summed E-state index contributed by atoms with van der Waals surface area (Å²) in [6.07, 6.45) is 0. The fraction of sp³-hybridized carbons (Fsp3) is 0.0909. The van der Waals surface area contributed by atoms with E-state index in [-0.39, 0.29) is 35.1 Å². The second-order valence-electron chi connectivity index (χ2n) is 7.23. The molecule has 0 saturated carbocycles. The third-order valence-electron chi connectivity index (χ3n) is 5.33.